The van der Waals surface area contributed by atoms with Gasteiger partial charge in [0.25, 0.3) is 0 Å². The lowest BCUT2D eigenvalue weighted by Gasteiger charge is -2.23. The zero-order chi connectivity index (χ0) is 11.4. The molecule has 0 aliphatic rings. The first-order valence-electron chi connectivity index (χ1n) is 5.37. The molecule has 0 aliphatic carbocycles. The molecule has 0 aliphatic heterocycles. The van der Waals surface area contributed by atoms with Gasteiger partial charge in [0, 0.05) is 25.7 Å². The lowest BCUT2D eigenvalue weighted by atomic mass is 10.3. The summed E-state index contributed by atoms with van der Waals surface area (Å²) in [7, 11) is 2.04. The molecule has 0 aromatic carbocycles. The van der Waals surface area contributed by atoms with Crippen LogP contribution in [0.1, 0.15) is 26.6 Å². The van der Waals surface area contributed by atoms with Crippen LogP contribution in [0.2, 0.25) is 0 Å². The van der Waals surface area contributed by atoms with E-state index in [0.717, 1.165) is 24.0 Å². The Labute approximate surface area is 91.7 Å². The summed E-state index contributed by atoms with van der Waals surface area (Å²) in [4.78, 5) is 10.9. The minimum Gasteiger partial charge on any atom is -0.370 e. The predicted molar refractivity (Wildman–Crippen MR) is 64.5 cm³/mol. The first-order valence-corrected chi connectivity index (χ1v) is 5.37. The molecule has 15 heavy (non-hydrogen) atoms. The van der Waals surface area contributed by atoms with E-state index in [1.807, 2.05) is 20.0 Å². The fraction of sp³-hybridized carbons (Fsp3) is 0.636. The Kier molecular flexibility index (Phi) is 3.88. The van der Waals surface area contributed by atoms with Crippen molar-refractivity contribution in [2.75, 3.05) is 23.8 Å². The monoisotopic (exact) mass is 208 g/mol. The zero-order valence-electron chi connectivity index (χ0n) is 10.2. The molecule has 0 saturated carbocycles. The van der Waals surface area contributed by atoms with Crippen molar-refractivity contribution in [3.63, 3.8) is 0 Å². The van der Waals surface area contributed by atoms with E-state index in [-0.39, 0.29) is 0 Å². The molecule has 1 rings (SSSR count). The molecular weight excluding hydrogens is 188 g/mol. The third-order valence-electron chi connectivity index (χ3n) is 2.32. The molecule has 1 heterocycles. The Hall–Kier alpha value is -1.32. The number of rotatable bonds is 4. The molecule has 4 nitrogen and oxygen atoms in total. The molecule has 0 amide bonds. The quantitative estimate of drug-likeness (QED) is 0.822. The summed E-state index contributed by atoms with van der Waals surface area (Å²) in [5, 5.41) is 3.20. The van der Waals surface area contributed by atoms with Crippen molar-refractivity contribution in [3.8, 4) is 0 Å². The normalized spacial score (nSPS) is 10.5. The molecule has 0 atom stereocenters. The standard InChI is InChI=1S/C11H20N4/c1-6-12-10-7-11(14-9(4)13-10)15(5)8(2)3/h7-8H,6H2,1-5H3,(H,12,13,14). The summed E-state index contributed by atoms with van der Waals surface area (Å²) < 4.78 is 0. The van der Waals surface area contributed by atoms with Crippen molar-refractivity contribution >= 4 is 11.6 Å². The molecule has 0 radical (unpaired) electrons. The number of hydrogen-bond donors (Lipinski definition) is 1. The van der Waals surface area contributed by atoms with Gasteiger partial charge in [-0.2, -0.15) is 0 Å². The topological polar surface area (TPSA) is 41.0 Å². The Morgan fingerprint density at radius 3 is 2.60 bits per heavy atom. The summed E-state index contributed by atoms with van der Waals surface area (Å²) in [6.07, 6.45) is 0. The first kappa shape index (κ1) is 11.8. The van der Waals surface area contributed by atoms with Crippen LogP contribution in [0.25, 0.3) is 0 Å². The van der Waals surface area contributed by atoms with Crippen molar-refractivity contribution in [2.45, 2.75) is 33.7 Å². The third-order valence-corrected chi connectivity index (χ3v) is 2.32. The number of hydrogen-bond acceptors (Lipinski definition) is 4. The number of aryl methyl sites for hydroxylation is 1. The average Bonchev–Trinajstić information content (AvgIpc) is 2.16. The van der Waals surface area contributed by atoms with Gasteiger partial charge in [-0.15, -0.1) is 0 Å². The highest BCUT2D eigenvalue weighted by Crippen LogP contribution is 2.16. The van der Waals surface area contributed by atoms with E-state index in [1.54, 1.807) is 0 Å². The second kappa shape index (κ2) is 4.96. The maximum Gasteiger partial charge on any atom is 0.134 e. The Morgan fingerprint density at radius 2 is 2.07 bits per heavy atom. The molecule has 0 spiro atoms. The summed E-state index contributed by atoms with van der Waals surface area (Å²) in [6, 6.07) is 2.42. The van der Waals surface area contributed by atoms with Gasteiger partial charge in [-0.3, -0.25) is 0 Å². The predicted octanol–water partition coefficient (Wildman–Crippen LogP) is 2.06. The van der Waals surface area contributed by atoms with E-state index in [1.165, 1.54) is 0 Å². The highest BCUT2D eigenvalue weighted by atomic mass is 15.2. The molecule has 0 bridgehead atoms. The van der Waals surface area contributed by atoms with Gasteiger partial charge in [0.15, 0.2) is 0 Å². The molecule has 1 aromatic heterocycles. The van der Waals surface area contributed by atoms with Crippen LogP contribution >= 0.6 is 0 Å². The molecule has 0 saturated heterocycles. The van der Waals surface area contributed by atoms with Crippen LogP contribution in [0.15, 0.2) is 6.07 Å². The highest BCUT2D eigenvalue weighted by molar-refractivity contribution is 5.49. The van der Waals surface area contributed by atoms with Gasteiger partial charge in [0.1, 0.15) is 17.5 Å². The van der Waals surface area contributed by atoms with Crippen LogP contribution in [0.5, 0.6) is 0 Å². The van der Waals surface area contributed by atoms with Crippen LogP contribution in [0, 0.1) is 6.92 Å². The fourth-order valence-electron chi connectivity index (χ4n) is 1.27. The smallest absolute Gasteiger partial charge is 0.134 e. The van der Waals surface area contributed by atoms with Gasteiger partial charge in [-0.1, -0.05) is 0 Å². The maximum atomic E-state index is 4.41. The van der Waals surface area contributed by atoms with Crippen LogP contribution in [-0.2, 0) is 0 Å². The van der Waals surface area contributed by atoms with Gasteiger partial charge < -0.3 is 10.2 Å². The van der Waals surface area contributed by atoms with E-state index >= 15 is 0 Å². The lowest BCUT2D eigenvalue weighted by molar-refractivity contribution is 0.739. The lowest BCUT2D eigenvalue weighted by Crippen LogP contribution is -2.27. The van der Waals surface area contributed by atoms with Crippen molar-refractivity contribution < 1.29 is 0 Å². The maximum absolute atomic E-state index is 4.41. The largest absolute Gasteiger partial charge is 0.370 e. The zero-order valence-corrected chi connectivity index (χ0v) is 10.2. The van der Waals surface area contributed by atoms with Crippen molar-refractivity contribution in [1.29, 1.82) is 0 Å². The molecule has 1 aromatic rings. The van der Waals surface area contributed by atoms with Gasteiger partial charge >= 0.3 is 0 Å². The van der Waals surface area contributed by atoms with E-state index in [0.29, 0.717) is 6.04 Å². The highest BCUT2D eigenvalue weighted by Gasteiger charge is 2.08. The van der Waals surface area contributed by atoms with Crippen LogP contribution in [0.4, 0.5) is 11.6 Å². The molecule has 4 heteroatoms. The number of aromatic nitrogens is 2. The Balaban J connectivity index is 2.97. The Morgan fingerprint density at radius 1 is 1.40 bits per heavy atom. The van der Waals surface area contributed by atoms with Gasteiger partial charge in [-0.05, 0) is 27.7 Å². The number of nitrogens with zero attached hydrogens (tertiary/aromatic N) is 3. The van der Waals surface area contributed by atoms with Crippen molar-refractivity contribution in [2.24, 2.45) is 0 Å². The average molecular weight is 208 g/mol. The van der Waals surface area contributed by atoms with E-state index in [9.17, 15) is 0 Å². The van der Waals surface area contributed by atoms with E-state index in [4.69, 9.17) is 0 Å². The second-order valence-electron chi connectivity index (χ2n) is 3.89. The first-order chi connectivity index (χ1) is 7.04. The second-order valence-corrected chi connectivity index (χ2v) is 3.89. The van der Waals surface area contributed by atoms with Gasteiger partial charge in [0.2, 0.25) is 0 Å². The van der Waals surface area contributed by atoms with E-state index in [2.05, 4.69) is 41.0 Å². The Bertz CT molecular complexity index is 322. The summed E-state index contributed by atoms with van der Waals surface area (Å²) in [6.45, 7) is 9.14. The molecule has 1 N–H and O–H groups in total. The van der Waals surface area contributed by atoms with Crippen molar-refractivity contribution in [3.05, 3.63) is 11.9 Å². The fourth-order valence-corrected chi connectivity index (χ4v) is 1.27. The van der Waals surface area contributed by atoms with Gasteiger partial charge in [-0.25, -0.2) is 9.97 Å². The van der Waals surface area contributed by atoms with Crippen LogP contribution in [-0.4, -0.2) is 29.6 Å². The summed E-state index contributed by atoms with van der Waals surface area (Å²) >= 11 is 0. The third kappa shape index (κ3) is 3.08. The molecule has 0 unspecified atom stereocenters. The SMILES string of the molecule is CCNc1cc(N(C)C(C)C)nc(C)n1. The number of anilines is 2. The molecular formula is C11H20N4. The molecule has 0 fully saturated rings. The minimum atomic E-state index is 0.439. The van der Waals surface area contributed by atoms with Gasteiger partial charge in [0.05, 0.1) is 0 Å². The van der Waals surface area contributed by atoms with E-state index < -0.39 is 0 Å². The summed E-state index contributed by atoms with van der Waals surface area (Å²) in [5.41, 5.74) is 0. The summed E-state index contributed by atoms with van der Waals surface area (Å²) in [5.74, 6) is 2.66. The van der Waals surface area contributed by atoms with Crippen LogP contribution < -0.4 is 10.2 Å². The molecule has 84 valence electrons. The van der Waals surface area contributed by atoms with Crippen LogP contribution in [0.3, 0.4) is 0 Å². The van der Waals surface area contributed by atoms with Crippen molar-refractivity contribution in [1.82, 2.24) is 9.97 Å². The number of nitrogens with one attached hydrogen (secondary N) is 1. The minimum absolute atomic E-state index is 0.439.